The Morgan fingerprint density at radius 2 is 1.23 bits per heavy atom. The third-order valence-corrected chi connectivity index (χ3v) is 9.44. The molecule has 1 spiro atoms. The monoisotopic (exact) mass is 503 g/mol. The van der Waals surface area contributed by atoms with Crippen molar-refractivity contribution in [3.63, 3.8) is 0 Å². The van der Waals surface area contributed by atoms with Gasteiger partial charge in [0.1, 0.15) is 0 Å². The Bertz CT molecular complexity index is 1850. The molecule has 0 amide bonds. The number of nitrogens with zero attached hydrogens (tertiary/aromatic N) is 3. The van der Waals surface area contributed by atoms with Crippen LogP contribution in [0.1, 0.15) is 35.1 Å². The summed E-state index contributed by atoms with van der Waals surface area (Å²) in [6, 6.07) is 39.0. The number of benzene rings is 5. The van der Waals surface area contributed by atoms with Crippen LogP contribution in [0.15, 0.2) is 108 Å². The molecule has 0 radical (unpaired) electrons. The van der Waals surface area contributed by atoms with Gasteiger partial charge in [-0.15, -0.1) is 0 Å². The van der Waals surface area contributed by atoms with E-state index < -0.39 is 0 Å². The first-order valence-corrected chi connectivity index (χ1v) is 14.3. The zero-order chi connectivity index (χ0) is 25.6. The molecular weight excluding hydrogens is 474 g/mol. The Labute approximate surface area is 229 Å². The summed E-state index contributed by atoms with van der Waals surface area (Å²) in [6.45, 7) is 4.15. The topological polar surface area (TPSA) is 18.8 Å². The minimum Gasteiger partial charge on any atom is -0.342 e. The molecular formula is C36H29N3. The van der Waals surface area contributed by atoms with E-state index in [-0.39, 0.29) is 5.41 Å². The highest BCUT2D eigenvalue weighted by atomic mass is 15.4. The lowest BCUT2D eigenvalue weighted by atomic mass is 9.61. The van der Waals surface area contributed by atoms with Gasteiger partial charge in [0.25, 0.3) is 0 Å². The smallest absolute Gasteiger partial charge is 0.201 e. The molecule has 2 heterocycles. The van der Waals surface area contributed by atoms with Crippen LogP contribution in [0, 0.1) is 0 Å². The highest BCUT2D eigenvalue weighted by Crippen LogP contribution is 2.63. The summed E-state index contributed by atoms with van der Waals surface area (Å²) < 4.78 is 0. The van der Waals surface area contributed by atoms with E-state index in [0.717, 1.165) is 45.0 Å². The molecule has 5 aromatic rings. The van der Waals surface area contributed by atoms with Gasteiger partial charge in [-0.05, 0) is 68.6 Å². The molecule has 2 aliphatic heterocycles. The summed E-state index contributed by atoms with van der Waals surface area (Å²) >= 11 is 0. The molecule has 1 saturated heterocycles. The zero-order valence-corrected chi connectivity index (χ0v) is 21.9. The van der Waals surface area contributed by atoms with Crippen molar-refractivity contribution in [2.24, 2.45) is 4.99 Å². The second-order valence-electron chi connectivity index (χ2n) is 11.3. The molecule has 0 bridgehead atoms. The summed E-state index contributed by atoms with van der Waals surface area (Å²) in [5.41, 5.74) is 11.9. The average Bonchev–Trinajstić information content (AvgIpc) is 3.31. The predicted molar refractivity (Wildman–Crippen MR) is 161 cm³/mol. The Morgan fingerprint density at radius 3 is 2.13 bits per heavy atom. The lowest BCUT2D eigenvalue weighted by molar-refractivity contribution is 0.360. The van der Waals surface area contributed by atoms with Gasteiger partial charge in [-0.3, -0.25) is 4.99 Å². The van der Waals surface area contributed by atoms with Gasteiger partial charge in [0, 0.05) is 31.7 Å². The van der Waals surface area contributed by atoms with Gasteiger partial charge in [0.15, 0.2) is 0 Å². The molecule has 39 heavy (non-hydrogen) atoms. The van der Waals surface area contributed by atoms with Crippen molar-refractivity contribution in [1.82, 2.24) is 4.90 Å². The van der Waals surface area contributed by atoms with Crippen LogP contribution in [0.2, 0.25) is 0 Å². The maximum absolute atomic E-state index is 5.06. The Kier molecular flexibility index (Phi) is 4.33. The summed E-state index contributed by atoms with van der Waals surface area (Å²) in [4.78, 5) is 10.1. The molecule has 0 N–H and O–H groups in total. The summed E-state index contributed by atoms with van der Waals surface area (Å²) in [7, 11) is 0. The molecule has 0 aromatic heterocycles. The van der Waals surface area contributed by atoms with Gasteiger partial charge in [-0.1, -0.05) is 97.1 Å². The van der Waals surface area contributed by atoms with Crippen molar-refractivity contribution in [3.8, 4) is 22.3 Å². The van der Waals surface area contributed by atoms with E-state index in [2.05, 4.69) is 113 Å². The lowest BCUT2D eigenvalue weighted by Crippen LogP contribution is -2.52. The highest BCUT2D eigenvalue weighted by Gasteiger charge is 2.51. The first kappa shape index (κ1) is 21.6. The van der Waals surface area contributed by atoms with Gasteiger partial charge in [-0.25, -0.2) is 0 Å². The van der Waals surface area contributed by atoms with Crippen molar-refractivity contribution in [2.75, 3.05) is 31.1 Å². The first-order chi connectivity index (χ1) is 19.4. The number of hydrogen-bond acceptors (Lipinski definition) is 3. The SMILES string of the molecule is c1ccc2c(c1)-c1c(N3CCCN4CCCN=C43)cccc1C21c2ccccc2-c2cccc3cccc1c23. The van der Waals surface area contributed by atoms with Gasteiger partial charge in [-0.2, -0.15) is 0 Å². The van der Waals surface area contributed by atoms with Crippen LogP contribution >= 0.6 is 0 Å². The van der Waals surface area contributed by atoms with Gasteiger partial charge < -0.3 is 9.80 Å². The summed E-state index contributed by atoms with van der Waals surface area (Å²) in [5.74, 6) is 1.16. The van der Waals surface area contributed by atoms with Crippen molar-refractivity contribution in [3.05, 3.63) is 125 Å². The van der Waals surface area contributed by atoms with E-state index in [9.17, 15) is 0 Å². The molecule has 1 atom stereocenters. The maximum Gasteiger partial charge on any atom is 0.201 e. The normalized spacial score (nSPS) is 20.4. The molecule has 1 fully saturated rings. The lowest BCUT2D eigenvalue weighted by Gasteiger charge is -2.42. The van der Waals surface area contributed by atoms with Crippen molar-refractivity contribution in [1.29, 1.82) is 0 Å². The Morgan fingerprint density at radius 1 is 0.564 bits per heavy atom. The van der Waals surface area contributed by atoms with E-state index in [1.54, 1.807) is 0 Å². The Hall–Kier alpha value is -4.37. The van der Waals surface area contributed by atoms with Crippen LogP contribution in [-0.2, 0) is 5.41 Å². The zero-order valence-electron chi connectivity index (χ0n) is 21.9. The summed E-state index contributed by atoms with van der Waals surface area (Å²) in [6.07, 6.45) is 2.31. The van der Waals surface area contributed by atoms with Crippen LogP contribution in [0.25, 0.3) is 33.0 Å². The molecule has 0 saturated carbocycles. The third-order valence-electron chi connectivity index (χ3n) is 9.44. The van der Waals surface area contributed by atoms with Crippen LogP contribution in [0.4, 0.5) is 5.69 Å². The van der Waals surface area contributed by atoms with Gasteiger partial charge in [0.05, 0.1) is 11.1 Å². The van der Waals surface area contributed by atoms with Crippen molar-refractivity contribution < 1.29 is 0 Å². The predicted octanol–water partition coefficient (Wildman–Crippen LogP) is 7.46. The molecule has 9 rings (SSSR count). The van der Waals surface area contributed by atoms with Crippen molar-refractivity contribution in [2.45, 2.75) is 18.3 Å². The summed E-state index contributed by atoms with van der Waals surface area (Å²) in [5, 5.41) is 2.69. The average molecular weight is 504 g/mol. The van der Waals surface area contributed by atoms with E-state index >= 15 is 0 Å². The number of rotatable bonds is 1. The van der Waals surface area contributed by atoms with Crippen LogP contribution in [-0.4, -0.2) is 37.0 Å². The number of anilines is 1. The van der Waals surface area contributed by atoms with Crippen LogP contribution in [0.3, 0.4) is 0 Å². The molecule has 3 heteroatoms. The van der Waals surface area contributed by atoms with Crippen LogP contribution in [0.5, 0.6) is 0 Å². The fourth-order valence-electron chi connectivity index (χ4n) is 8.04. The number of aliphatic imine (C=N–C) groups is 1. The third kappa shape index (κ3) is 2.65. The quantitative estimate of drug-likeness (QED) is 0.232. The standard InChI is InChI=1S/C36H29N3/c1-3-15-28-25(12-1)26-14-5-10-24-11-6-17-30(33(24)26)36(28)29-16-4-2-13-27(29)34-31(36)18-7-19-32(34)39-23-9-22-38-21-8-20-37-35(38)39/h1-7,10-19H,8-9,20-23H2. The first-order valence-electron chi connectivity index (χ1n) is 14.3. The largest absolute Gasteiger partial charge is 0.342 e. The maximum atomic E-state index is 5.06. The van der Waals surface area contributed by atoms with E-state index in [4.69, 9.17) is 4.99 Å². The van der Waals surface area contributed by atoms with Gasteiger partial charge >= 0.3 is 0 Å². The molecule has 1 unspecified atom stereocenters. The molecule has 3 nitrogen and oxygen atoms in total. The second kappa shape index (κ2) is 7.83. The number of hydrogen-bond donors (Lipinski definition) is 0. The molecule has 4 aliphatic rings. The van der Waals surface area contributed by atoms with E-state index in [1.165, 1.54) is 61.0 Å². The van der Waals surface area contributed by atoms with Gasteiger partial charge in [0.2, 0.25) is 5.96 Å². The van der Waals surface area contributed by atoms with Crippen LogP contribution < -0.4 is 4.90 Å². The van der Waals surface area contributed by atoms with Crippen molar-refractivity contribution >= 4 is 22.4 Å². The molecule has 2 aliphatic carbocycles. The van der Waals surface area contributed by atoms with E-state index in [1.807, 2.05) is 0 Å². The minimum absolute atomic E-state index is 0.365. The minimum atomic E-state index is -0.365. The number of fused-ring (bicyclic) bond motifs is 10. The molecule has 5 aromatic carbocycles. The second-order valence-corrected chi connectivity index (χ2v) is 11.3. The van der Waals surface area contributed by atoms with E-state index in [0.29, 0.717) is 0 Å². The Balaban J connectivity index is 1.42. The fraction of sp³-hybridized carbons (Fsp3) is 0.194. The number of guanidine groups is 1. The molecule has 188 valence electrons. The fourth-order valence-corrected chi connectivity index (χ4v) is 8.04. The highest BCUT2D eigenvalue weighted by molar-refractivity contribution is 6.09.